The molecule has 2 aromatic heterocycles. The molecule has 0 amide bonds. The highest BCUT2D eigenvalue weighted by Gasteiger charge is 2.24. The summed E-state index contributed by atoms with van der Waals surface area (Å²) in [6, 6.07) is 10.5. The Morgan fingerprint density at radius 1 is 1.30 bits per heavy atom. The van der Waals surface area contributed by atoms with Gasteiger partial charge in [-0.2, -0.15) is 0 Å². The molecule has 1 N–H and O–H groups in total. The molecule has 3 aromatic rings. The highest BCUT2D eigenvalue weighted by Crippen LogP contribution is 2.39. The fourth-order valence-electron chi connectivity index (χ4n) is 2.61. The van der Waals surface area contributed by atoms with Crippen LogP contribution in [0.3, 0.4) is 0 Å². The topological polar surface area (TPSA) is 25.2 Å². The summed E-state index contributed by atoms with van der Waals surface area (Å²) in [7, 11) is 2.00. The summed E-state index contributed by atoms with van der Waals surface area (Å²) < 4.78 is 7.17. The first kappa shape index (κ1) is 13.9. The van der Waals surface area contributed by atoms with Crippen LogP contribution < -0.4 is 5.32 Å². The van der Waals surface area contributed by atoms with Crippen LogP contribution in [0.15, 0.2) is 44.6 Å². The average Bonchev–Trinajstić information content (AvgIpc) is 3.05. The second kappa shape index (κ2) is 5.72. The molecule has 0 aliphatic heterocycles. The van der Waals surface area contributed by atoms with Crippen molar-refractivity contribution in [2.75, 3.05) is 7.05 Å². The van der Waals surface area contributed by atoms with Gasteiger partial charge in [0, 0.05) is 26.7 Å². The number of benzene rings is 1. The van der Waals surface area contributed by atoms with Crippen LogP contribution in [0.5, 0.6) is 0 Å². The molecular weight excluding hydrogens is 334 g/mol. The number of para-hydroxylation sites is 1. The molecule has 1 aromatic carbocycles. The molecule has 0 aliphatic carbocycles. The summed E-state index contributed by atoms with van der Waals surface area (Å²) in [6.45, 7) is 2.14. The number of aryl methyl sites for hydroxylation is 1. The summed E-state index contributed by atoms with van der Waals surface area (Å²) in [5.41, 5.74) is 2.22. The van der Waals surface area contributed by atoms with E-state index in [1.807, 2.05) is 19.2 Å². The van der Waals surface area contributed by atoms with Crippen LogP contribution in [0.4, 0.5) is 0 Å². The van der Waals surface area contributed by atoms with Crippen molar-refractivity contribution in [3.05, 3.63) is 56.4 Å². The van der Waals surface area contributed by atoms with Gasteiger partial charge in [0.05, 0.1) is 6.04 Å². The standard InChI is InChI=1S/C16H16BrNOS/c1-3-12-14(10-6-4-5-7-13(10)19-12)15(18-2)16-11(17)8-9-20-16/h4-9,15,18H,3H2,1-2H3. The predicted molar refractivity (Wildman–Crippen MR) is 88.5 cm³/mol. The Morgan fingerprint density at radius 2 is 2.10 bits per heavy atom. The van der Waals surface area contributed by atoms with Gasteiger partial charge in [0.1, 0.15) is 11.3 Å². The van der Waals surface area contributed by atoms with Gasteiger partial charge in [0.25, 0.3) is 0 Å². The maximum absolute atomic E-state index is 6.02. The first-order valence-corrected chi connectivity index (χ1v) is 8.34. The van der Waals surface area contributed by atoms with Crippen molar-refractivity contribution in [2.24, 2.45) is 0 Å². The van der Waals surface area contributed by atoms with E-state index in [0.29, 0.717) is 0 Å². The fourth-order valence-corrected chi connectivity index (χ4v) is 4.33. The zero-order valence-electron chi connectivity index (χ0n) is 11.4. The predicted octanol–water partition coefficient (Wildman–Crippen LogP) is 5.13. The Kier molecular flexibility index (Phi) is 3.96. The summed E-state index contributed by atoms with van der Waals surface area (Å²) in [5, 5.41) is 6.74. The van der Waals surface area contributed by atoms with Gasteiger partial charge in [-0.15, -0.1) is 11.3 Å². The lowest BCUT2D eigenvalue weighted by Gasteiger charge is -2.16. The zero-order chi connectivity index (χ0) is 14.1. The van der Waals surface area contributed by atoms with Gasteiger partial charge in [-0.25, -0.2) is 0 Å². The molecule has 20 heavy (non-hydrogen) atoms. The number of thiophene rings is 1. The Hall–Kier alpha value is -1.10. The lowest BCUT2D eigenvalue weighted by Crippen LogP contribution is -2.17. The quantitative estimate of drug-likeness (QED) is 0.706. The molecule has 1 atom stereocenters. The maximum atomic E-state index is 6.02. The molecule has 4 heteroatoms. The third kappa shape index (κ3) is 2.22. The number of fused-ring (bicyclic) bond motifs is 1. The van der Waals surface area contributed by atoms with E-state index in [1.54, 1.807) is 11.3 Å². The van der Waals surface area contributed by atoms with E-state index in [2.05, 4.69) is 51.7 Å². The van der Waals surface area contributed by atoms with Crippen LogP contribution in [0.2, 0.25) is 0 Å². The summed E-state index contributed by atoms with van der Waals surface area (Å²) in [4.78, 5) is 1.29. The van der Waals surface area contributed by atoms with Gasteiger partial charge < -0.3 is 9.73 Å². The summed E-state index contributed by atoms with van der Waals surface area (Å²) in [6.07, 6.45) is 0.894. The third-order valence-corrected chi connectivity index (χ3v) is 5.45. The number of hydrogen-bond donors (Lipinski definition) is 1. The Bertz CT molecular complexity index is 731. The molecule has 1 unspecified atom stereocenters. The maximum Gasteiger partial charge on any atom is 0.134 e. The number of hydrogen-bond acceptors (Lipinski definition) is 3. The van der Waals surface area contributed by atoms with Crippen LogP contribution >= 0.6 is 27.3 Å². The van der Waals surface area contributed by atoms with Crippen LogP contribution in [0.25, 0.3) is 11.0 Å². The molecule has 0 fully saturated rings. The minimum atomic E-state index is 0.156. The van der Waals surface area contributed by atoms with Gasteiger partial charge in [-0.3, -0.25) is 0 Å². The number of furan rings is 1. The van der Waals surface area contributed by atoms with E-state index in [4.69, 9.17) is 4.42 Å². The van der Waals surface area contributed by atoms with E-state index in [0.717, 1.165) is 22.2 Å². The lowest BCUT2D eigenvalue weighted by molar-refractivity contribution is 0.540. The van der Waals surface area contributed by atoms with Crippen LogP contribution in [-0.2, 0) is 6.42 Å². The minimum absolute atomic E-state index is 0.156. The van der Waals surface area contributed by atoms with Crippen LogP contribution in [0, 0.1) is 0 Å². The van der Waals surface area contributed by atoms with Gasteiger partial charge in [0.15, 0.2) is 0 Å². The molecule has 0 aliphatic rings. The zero-order valence-corrected chi connectivity index (χ0v) is 13.8. The normalized spacial score (nSPS) is 12.9. The molecule has 0 bridgehead atoms. The van der Waals surface area contributed by atoms with Crippen molar-refractivity contribution in [3.8, 4) is 0 Å². The fraction of sp³-hybridized carbons (Fsp3) is 0.250. The number of halogens is 1. The molecule has 3 rings (SSSR count). The first-order chi connectivity index (χ1) is 9.76. The van der Waals surface area contributed by atoms with Crippen molar-refractivity contribution in [3.63, 3.8) is 0 Å². The smallest absolute Gasteiger partial charge is 0.134 e. The Balaban J connectivity index is 2.23. The van der Waals surface area contributed by atoms with Crippen molar-refractivity contribution < 1.29 is 4.42 Å². The molecule has 2 nitrogen and oxygen atoms in total. The van der Waals surface area contributed by atoms with E-state index in [-0.39, 0.29) is 6.04 Å². The second-order valence-electron chi connectivity index (χ2n) is 4.64. The van der Waals surface area contributed by atoms with Crippen LogP contribution in [0.1, 0.15) is 29.2 Å². The second-order valence-corrected chi connectivity index (χ2v) is 6.45. The number of nitrogens with one attached hydrogen (secondary N) is 1. The molecule has 0 spiro atoms. The third-order valence-electron chi connectivity index (χ3n) is 3.52. The molecule has 0 radical (unpaired) electrons. The molecule has 0 saturated heterocycles. The van der Waals surface area contributed by atoms with Crippen LogP contribution in [-0.4, -0.2) is 7.05 Å². The molecule has 104 valence electrons. The SMILES string of the molecule is CCc1oc2ccccc2c1C(NC)c1sccc1Br. The minimum Gasteiger partial charge on any atom is -0.461 e. The van der Waals surface area contributed by atoms with Gasteiger partial charge in [-0.1, -0.05) is 25.1 Å². The monoisotopic (exact) mass is 349 g/mol. The van der Waals surface area contributed by atoms with Crippen molar-refractivity contribution >= 4 is 38.2 Å². The van der Waals surface area contributed by atoms with Crippen molar-refractivity contribution in [1.82, 2.24) is 5.32 Å². The van der Waals surface area contributed by atoms with Crippen molar-refractivity contribution in [1.29, 1.82) is 0 Å². The number of rotatable bonds is 4. The van der Waals surface area contributed by atoms with E-state index in [1.165, 1.54) is 15.8 Å². The highest BCUT2D eigenvalue weighted by molar-refractivity contribution is 9.10. The lowest BCUT2D eigenvalue weighted by atomic mass is 10.0. The highest BCUT2D eigenvalue weighted by atomic mass is 79.9. The molecule has 0 saturated carbocycles. The van der Waals surface area contributed by atoms with Crippen molar-refractivity contribution in [2.45, 2.75) is 19.4 Å². The first-order valence-electron chi connectivity index (χ1n) is 6.66. The molecular formula is C16H16BrNOS. The van der Waals surface area contributed by atoms with E-state index in [9.17, 15) is 0 Å². The summed E-state index contributed by atoms with van der Waals surface area (Å²) >= 11 is 5.40. The largest absolute Gasteiger partial charge is 0.461 e. The van der Waals surface area contributed by atoms with E-state index < -0.39 is 0 Å². The van der Waals surface area contributed by atoms with Gasteiger partial charge >= 0.3 is 0 Å². The Labute approximate surface area is 130 Å². The van der Waals surface area contributed by atoms with E-state index >= 15 is 0 Å². The summed E-state index contributed by atoms with van der Waals surface area (Å²) in [5.74, 6) is 1.06. The van der Waals surface area contributed by atoms with Gasteiger partial charge in [-0.05, 0) is 40.5 Å². The Morgan fingerprint density at radius 3 is 2.75 bits per heavy atom. The average molecular weight is 350 g/mol. The molecule has 2 heterocycles. The van der Waals surface area contributed by atoms with Gasteiger partial charge in [0.2, 0.25) is 0 Å².